The van der Waals surface area contributed by atoms with Crippen LogP contribution >= 0.6 is 0 Å². The number of pyridine rings is 1. The van der Waals surface area contributed by atoms with Gasteiger partial charge in [0, 0.05) is 11.6 Å². The minimum atomic E-state index is -5.01. The van der Waals surface area contributed by atoms with Crippen molar-refractivity contribution in [3.63, 3.8) is 0 Å². The van der Waals surface area contributed by atoms with Crippen LogP contribution in [0.15, 0.2) is 6.07 Å². The van der Waals surface area contributed by atoms with Crippen LogP contribution in [0.1, 0.15) is 11.3 Å². The van der Waals surface area contributed by atoms with Gasteiger partial charge in [-0.1, -0.05) is 0 Å². The first-order valence-corrected chi connectivity index (χ1v) is 3.98. The van der Waals surface area contributed by atoms with Crippen molar-refractivity contribution in [3.8, 4) is 5.88 Å². The monoisotopic (exact) mass is 243 g/mol. The van der Waals surface area contributed by atoms with Gasteiger partial charge in [0.25, 0.3) is 0 Å². The molecule has 0 radical (unpaired) electrons. The van der Waals surface area contributed by atoms with Crippen LogP contribution in [-0.4, -0.2) is 16.5 Å². The summed E-state index contributed by atoms with van der Waals surface area (Å²) in [5.74, 6) is -2.19. The first-order valence-electron chi connectivity index (χ1n) is 3.98. The normalized spacial score (nSPS) is 11.6. The summed E-state index contributed by atoms with van der Waals surface area (Å²) in [4.78, 5) is 2.98. The van der Waals surface area contributed by atoms with Crippen molar-refractivity contribution in [1.29, 1.82) is 0 Å². The zero-order valence-electron chi connectivity index (χ0n) is 7.68. The number of aliphatic hydroxyl groups is 1. The third kappa shape index (κ3) is 3.02. The molecule has 0 aliphatic rings. The Hall–Kier alpha value is -1.44. The standard InChI is InChI=1S/C8H6F5NO2/c9-2-5-7(10)4(3-15)1-6(14-5)16-8(11,12)13/h1,15H,2-3H2. The maximum atomic E-state index is 13.1. The molecule has 0 aromatic carbocycles. The van der Waals surface area contributed by atoms with Crippen LogP contribution in [0, 0.1) is 5.82 Å². The molecule has 3 nitrogen and oxygen atoms in total. The Morgan fingerprint density at radius 2 is 2.00 bits per heavy atom. The van der Waals surface area contributed by atoms with E-state index in [1.165, 1.54) is 0 Å². The van der Waals surface area contributed by atoms with E-state index in [2.05, 4.69) is 9.72 Å². The molecule has 1 aromatic heterocycles. The van der Waals surface area contributed by atoms with Crippen molar-refractivity contribution in [2.75, 3.05) is 0 Å². The van der Waals surface area contributed by atoms with Crippen molar-refractivity contribution in [1.82, 2.24) is 4.98 Å². The van der Waals surface area contributed by atoms with Gasteiger partial charge in [0.1, 0.15) is 12.4 Å². The highest BCUT2D eigenvalue weighted by molar-refractivity contribution is 5.26. The molecular formula is C8H6F5NO2. The van der Waals surface area contributed by atoms with E-state index in [0.717, 1.165) is 0 Å². The van der Waals surface area contributed by atoms with Gasteiger partial charge in [-0.15, -0.1) is 13.2 Å². The quantitative estimate of drug-likeness (QED) is 0.826. The third-order valence-electron chi connectivity index (χ3n) is 1.60. The molecule has 0 unspecified atom stereocenters. The lowest BCUT2D eigenvalue weighted by atomic mass is 10.2. The van der Waals surface area contributed by atoms with Crippen LogP contribution in [-0.2, 0) is 13.3 Å². The summed E-state index contributed by atoms with van der Waals surface area (Å²) < 4.78 is 64.1. The molecule has 0 bridgehead atoms. The fourth-order valence-corrected chi connectivity index (χ4v) is 0.987. The van der Waals surface area contributed by atoms with Crippen molar-refractivity contribution >= 4 is 0 Å². The van der Waals surface area contributed by atoms with E-state index in [0.29, 0.717) is 6.07 Å². The SMILES string of the molecule is OCc1cc(OC(F)(F)F)nc(CF)c1F. The van der Waals surface area contributed by atoms with Crippen LogP contribution < -0.4 is 4.74 Å². The molecule has 0 spiro atoms. The number of alkyl halides is 4. The van der Waals surface area contributed by atoms with Gasteiger partial charge in [0.2, 0.25) is 5.88 Å². The largest absolute Gasteiger partial charge is 0.574 e. The van der Waals surface area contributed by atoms with Gasteiger partial charge < -0.3 is 9.84 Å². The molecule has 1 aromatic rings. The minimum Gasteiger partial charge on any atom is -0.392 e. The van der Waals surface area contributed by atoms with Gasteiger partial charge in [-0.2, -0.15) is 0 Å². The Morgan fingerprint density at radius 3 is 2.44 bits per heavy atom. The molecule has 1 heterocycles. The van der Waals surface area contributed by atoms with E-state index >= 15 is 0 Å². The minimum absolute atomic E-state index is 0.512. The fourth-order valence-electron chi connectivity index (χ4n) is 0.987. The second kappa shape index (κ2) is 4.60. The number of nitrogens with zero attached hydrogens (tertiary/aromatic N) is 1. The number of halogens is 5. The first-order chi connectivity index (χ1) is 7.37. The molecule has 1 N–H and O–H groups in total. The lowest BCUT2D eigenvalue weighted by Crippen LogP contribution is -2.19. The first kappa shape index (κ1) is 12.6. The Morgan fingerprint density at radius 1 is 1.38 bits per heavy atom. The summed E-state index contributed by atoms with van der Waals surface area (Å²) in [7, 11) is 0. The molecule has 8 heteroatoms. The number of hydrogen-bond acceptors (Lipinski definition) is 3. The van der Waals surface area contributed by atoms with E-state index in [-0.39, 0.29) is 0 Å². The summed E-state index contributed by atoms with van der Waals surface area (Å²) in [6.07, 6.45) is -5.01. The van der Waals surface area contributed by atoms with Crippen LogP contribution in [0.3, 0.4) is 0 Å². The smallest absolute Gasteiger partial charge is 0.392 e. The summed E-state index contributed by atoms with van der Waals surface area (Å²) >= 11 is 0. The Kier molecular flexibility index (Phi) is 3.63. The molecule has 0 atom stereocenters. The van der Waals surface area contributed by atoms with Crippen molar-refractivity contribution in [2.24, 2.45) is 0 Å². The average molecular weight is 243 g/mol. The van der Waals surface area contributed by atoms with Crippen LogP contribution in [0.2, 0.25) is 0 Å². The zero-order chi connectivity index (χ0) is 12.3. The second-order valence-corrected chi connectivity index (χ2v) is 2.72. The Labute approximate surface area is 86.5 Å². The predicted octanol–water partition coefficient (Wildman–Crippen LogP) is 2.08. The molecule has 0 aliphatic heterocycles. The molecule has 0 saturated carbocycles. The van der Waals surface area contributed by atoms with Crippen LogP contribution in [0.25, 0.3) is 0 Å². The van der Waals surface area contributed by atoms with Crippen molar-refractivity contribution in [2.45, 2.75) is 19.6 Å². The van der Waals surface area contributed by atoms with E-state index < -0.39 is 42.6 Å². The van der Waals surface area contributed by atoms with Gasteiger partial charge in [-0.05, 0) is 0 Å². The lowest BCUT2D eigenvalue weighted by molar-refractivity contribution is -0.276. The zero-order valence-corrected chi connectivity index (χ0v) is 7.68. The number of ether oxygens (including phenoxy) is 1. The number of aromatic nitrogens is 1. The molecule has 0 saturated heterocycles. The van der Waals surface area contributed by atoms with Gasteiger partial charge in [-0.3, -0.25) is 0 Å². The van der Waals surface area contributed by atoms with E-state index in [1.807, 2.05) is 0 Å². The van der Waals surface area contributed by atoms with Gasteiger partial charge in [0.15, 0.2) is 5.82 Å². The maximum Gasteiger partial charge on any atom is 0.574 e. The molecule has 1 rings (SSSR count). The van der Waals surface area contributed by atoms with Crippen LogP contribution in [0.5, 0.6) is 5.88 Å². The Balaban J connectivity index is 3.12. The predicted molar refractivity (Wildman–Crippen MR) is 41.6 cm³/mol. The van der Waals surface area contributed by atoms with E-state index in [4.69, 9.17) is 5.11 Å². The highest BCUT2D eigenvalue weighted by Gasteiger charge is 2.32. The Bertz CT molecular complexity index is 354. The fraction of sp³-hybridized carbons (Fsp3) is 0.375. The summed E-state index contributed by atoms with van der Waals surface area (Å²) in [6.45, 7) is -2.27. The lowest BCUT2D eigenvalue weighted by Gasteiger charge is -2.10. The second-order valence-electron chi connectivity index (χ2n) is 2.72. The summed E-state index contributed by atoms with van der Waals surface area (Å²) in [5.41, 5.74) is -1.35. The summed E-state index contributed by atoms with van der Waals surface area (Å²) in [6, 6.07) is 0.558. The topological polar surface area (TPSA) is 42.4 Å². The van der Waals surface area contributed by atoms with Crippen molar-refractivity contribution < 1.29 is 31.8 Å². The molecule has 0 aliphatic carbocycles. The number of aliphatic hydroxyl groups excluding tert-OH is 1. The van der Waals surface area contributed by atoms with Gasteiger partial charge in [0.05, 0.1) is 6.61 Å². The van der Waals surface area contributed by atoms with Crippen LogP contribution in [0.4, 0.5) is 22.0 Å². The molecular weight excluding hydrogens is 237 g/mol. The average Bonchev–Trinajstić information content (AvgIpc) is 2.18. The molecule has 90 valence electrons. The summed E-state index contributed by atoms with van der Waals surface area (Å²) in [5, 5.41) is 8.63. The molecule has 0 amide bonds. The highest BCUT2D eigenvalue weighted by Crippen LogP contribution is 2.24. The van der Waals surface area contributed by atoms with E-state index in [1.54, 1.807) is 0 Å². The molecule has 0 fully saturated rings. The third-order valence-corrected chi connectivity index (χ3v) is 1.60. The molecule has 16 heavy (non-hydrogen) atoms. The van der Waals surface area contributed by atoms with Gasteiger partial charge >= 0.3 is 6.36 Å². The number of rotatable bonds is 3. The number of hydrogen-bond donors (Lipinski definition) is 1. The highest BCUT2D eigenvalue weighted by atomic mass is 19.4. The van der Waals surface area contributed by atoms with Crippen molar-refractivity contribution in [3.05, 3.63) is 23.1 Å². The van der Waals surface area contributed by atoms with Gasteiger partial charge in [-0.25, -0.2) is 13.8 Å². The maximum absolute atomic E-state index is 13.1. The van der Waals surface area contributed by atoms with E-state index in [9.17, 15) is 22.0 Å².